The molecule has 1 saturated heterocycles. The molecule has 168 valence electrons. The summed E-state index contributed by atoms with van der Waals surface area (Å²) in [6.45, 7) is 6.16. The molecular weight excluding hydrogens is 533 g/mol. The number of halogens is 2. The molecule has 31 heavy (non-hydrogen) atoms. The van der Waals surface area contributed by atoms with Crippen LogP contribution in [0.1, 0.15) is 27.8 Å². The quantitative estimate of drug-likeness (QED) is 0.246. The number of benzene rings is 1. The van der Waals surface area contributed by atoms with E-state index in [9.17, 15) is 9.59 Å². The van der Waals surface area contributed by atoms with Gasteiger partial charge in [0, 0.05) is 49.9 Å². The van der Waals surface area contributed by atoms with Crippen LogP contribution in [-0.2, 0) is 0 Å². The number of rotatable bonds is 6. The van der Waals surface area contributed by atoms with Crippen LogP contribution in [-0.4, -0.2) is 73.4 Å². The zero-order valence-corrected chi connectivity index (χ0v) is 20.4. The second kappa shape index (κ2) is 12.6. The Morgan fingerprint density at radius 2 is 1.74 bits per heavy atom. The van der Waals surface area contributed by atoms with Gasteiger partial charge in [0.15, 0.2) is 11.7 Å². The number of piperazine rings is 1. The van der Waals surface area contributed by atoms with E-state index in [-0.39, 0.29) is 35.8 Å². The summed E-state index contributed by atoms with van der Waals surface area (Å²) in [5.74, 6) is 0.896. The third-order valence-corrected chi connectivity index (χ3v) is 4.95. The second-order valence-corrected chi connectivity index (χ2v) is 7.19. The Morgan fingerprint density at radius 1 is 1.06 bits per heavy atom. The van der Waals surface area contributed by atoms with Gasteiger partial charge in [0.1, 0.15) is 0 Å². The number of carbonyl (C=O) groups excluding carboxylic acids is 2. The maximum atomic E-state index is 12.4. The summed E-state index contributed by atoms with van der Waals surface area (Å²) in [6.07, 6.45) is 1.51. The molecule has 2 amide bonds. The maximum Gasteiger partial charge on any atom is 0.289 e. The minimum Gasteiger partial charge on any atom is -0.459 e. The predicted molar refractivity (Wildman–Crippen MR) is 131 cm³/mol. The summed E-state index contributed by atoms with van der Waals surface area (Å²) in [4.78, 5) is 33.1. The topological polar surface area (TPSA) is 90.2 Å². The molecule has 2 N–H and O–H groups in total. The number of aliphatic imine (C=N–C) groups is 1. The third kappa shape index (κ3) is 7.13. The molecule has 1 fully saturated rings. The molecule has 8 nitrogen and oxygen atoms in total. The predicted octanol–water partition coefficient (Wildman–Crippen LogP) is 2.70. The van der Waals surface area contributed by atoms with E-state index < -0.39 is 0 Å². The SMILES string of the molecule is CCNC(=NCCNC(=O)c1ccc(Cl)cc1)N1CCN(C(=O)c2ccco2)CC1.I. The molecule has 0 radical (unpaired) electrons. The lowest BCUT2D eigenvalue weighted by molar-refractivity contribution is 0.0657. The average Bonchev–Trinajstić information content (AvgIpc) is 3.31. The lowest BCUT2D eigenvalue weighted by Gasteiger charge is -2.36. The first-order valence-electron chi connectivity index (χ1n) is 9.98. The molecule has 0 unspecified atom stereocenters. The molecule has 2 heterocycles. The van der Waals surface area contributed by atoms with Crippen LogP contribution in [0, 0.1) is 0 Å². The summed E-state index contributed by atoms with van der Waals surface area (Å²) >= 11 is 5.85. The summed E-state index contributed by atoms with van der Waals surface area (Å²) in [5, 5.41) is 6.73. The number of hydrogen-bond donors (Lipinski definition) is 2. The Hall–Kier alpha value is -2.27. The molecule has 1 aliphatic heterocycles. The van der Waals surface area contributed by atoms with E-state index in [4.69, 9.17) is 16.0 Å². The van der Waals surface area contributed by atoms with Crippen molar-refractivity contribution in [1.29, 1.82) is 0 Å². The number of nitrogens with one attached hydrogen (secondary N) is 2. The molecule has 1 aliphatic rings. The zero-order valence-electron chi connectivity index (χ0n) is 17.3. The van der Waals surface area contributed by atoms with Crippen LogP contribution in [0.2, 0.25) is 5.02 Å². The number of guanidine groups is 1. The molecule has 1 aromatic heterocycles. The van der Waals surface area contributed by atoms with E-state index in [1.807, 2.05) is 6.92 Å². The fourth-order valence-electron chi connectivity index (χ4n) is 3.14. The number of furan rings is 1. The molecule has 0 bridgehead atoms. The fraction of sp³-hybridized carbons (Fsp3) is 0.381. The number of hydrogen-bond acceptors (Lipinski definition) is 4. The molecular formula is C21H27ClIN5O3. The Morgan fingerprint density at radius 3 is 2.35 bits per heavy atom. The lowest BCUT2D eigenvalue weighted by atomic mass is 10.2. The van der Waals surface area contributed by atoms with Gasteiger partial charge in [-0.1, -0.05) is 11.6 Å². The minimum absolute atomic E-state index is 0. The van der Waals surface area contributed by atoms with Gasteiger partial charge in [-0.15, -0.1) is 24.0 Å². The van der Waals surface area contributed by atoms with Gasteiger partial charge in [-0.05, 0) is 43.3 Å². The number of nitrogens with zero attached hydrogens (tertiary/aromatic N) is 3. The van der Waals surface area contributed by atoms with E-state index in [0.717, 1.165) is 12.5 Å². The zero-order chi connectivity index (χ0) is 21.3. The molecule has 3 rings (SSSR count). The van der Waals surface area contributed by atoms with E-state index >= 15 is 0 Å². The van der Waals surface area contributed by atoms with Crippen molar-refractivity contribution in [1.82, 2.24) is 20.4 Å². The van der Waals surface area contributed by atoms with E-state index in [0.29, 0.717) is 55.6 Å². The van der Waals surface area contributed by atoms with Gasteiger partial charge in [-0.25, -0.2) is 0 Å². The fourth-order valence-corrected chi connectivity index (χ4v) is 3.26. The highest BCUT2D eigenvalue weighted by molar-refractivity contribution is 14.0. The summed E-state index contributed by atoms with van der Waals surface area (Å²) in [6, 6.07) is 10.1. The smallest absolute Gasteiger partial charge is 0.289 e. The summed E-state index contributed by atoms with van der Waals surface area (Å²) < 4.78 is 5.20. The van der Waals surface area contributed by atoms with Crippen LogP contribution in [0.5, 0.6) is 0 Å². The van der Waals surface area contributed by atoms with Crippen molar-refractivity contribution in [2.24, 2.45) is 4.99 Å². The van der Waals surface area contributed by atoms with Crippen LogP contribution in [0.15, 0.2) is 52.1 Å². The first-order valence-corrected chi connectivity index (χ1v) is 10.4. The Bertz CT molecular complexity index is 866. The first-order chi connectivity index (χ1) is 14.6. The Balaban J connectivity index is 0.00000341. The van der Waals surface area contributed by atoms with E-state index in [1.54, 1.807) is 41.3 Å². The maximum absolute atomic E-state index is 12.4. The van der Waals surface area contributed by atoms with Crippen LogP contribution >= 0.6 is 35.6 Å². The van der Waals surface area contributed by atoms with Crippen molar-refractivity contribution < 1.29 is 14.0 Å². The van der Waals surface area contributed by atoms with Gasteiger partial charge < -0.3 is 24.9 Å². The van der Waals surface area contributed by atoms with Gasteiger partial charge in [-0.2, -0.15) is 0 Å². The summed E-state index contributed by atoms with van der Waals surface area (Å²) in [7, 11) is 0. The van der Waals surface area contributed by atoms with E-state index in [1.165, 1.54) is 6.26 Å². The van der Waals surface area contributed by atoms with Crippen LogP contribution in [0.25, 0.3) is 0 Å². The van der Waals surface area contributed by atoms with Crippen molar-refractivity contribution >= 4 is 53.4 Å². The van der Waals surface area contributed by atoms with Gasteiger partial charge >= 0.3 is 0 Å². The van der Waals surface area contributed by atoms with Crippen molar-refractivity contribution in [2.75, 3.05) is 45.8 Å². The van der Waals surface area contributed by atoms with Gasteiger partial charge in [-0.3, -0.25) is 14.6 Å². The molecule has 0 aliphatic carbocycles. The van der Waals surface area contributed by atoms with E-state index in [2.05, 4.69) is 20.5 Å². The largest absolute Gasteiger partial charge is 0.459 e. The van der Waals surface area contributed by atoms with Gasteiger partial charge in [0.05, 0.1) is 12.8 Å². The van der Waals surface area contributed by atoms with Crippen molar-refractivity contribution in [3.8, 4) is 0 Å². The van der Waals surface area contributed by atoms with Gasteiger partial charge in [0.25, 0.3) is 11.8 Å². The molecule has 0 spiro atoms. The van der Waals surface area contributed by atoms with Crippen LogP contribution < -0.4 is 10.6 Å². The highest BCUT2D eigenvalue weighted by Gasteiger charge is 2.25. The standard InChI is InChI=1S/C21H26ClN5O3.HI/c1-2-23-21(25-10-9-24-19(28)16-5-7-17(22)8-6-16)27-13-11-26(12-14-27)20(29)18-4-3-15-30-18;/h3-8,15H,2,9-14H2,1H3,(H,23,25)(H,24,28);1H. The molecule has 2 aromatic rings. The number of amides is 2. The van der Waals surface area contributed by atoms with Gasteiger partial charge in [0.2, 0.25) is 0 Å². The highest BCUT2D eigenvalue weighted by Crippen LogP contribution is 2.10. The monoisotopic (exact) mass is 559 g/mol. The van der Waals surface area contributed by atoms with Crippen molar-refractivity contribution in [3.63, 3.8) is 0 Å². The Labute approximate surface area is 204 Å². The highest BCUT2D eigenvalue weighted by atomic mass is 127. The number of carbonyl (C=O) groups is 2. The second-order valence-electron chi connectivity index (χ2n) is 6.76. The molecule has 0 saturated carbocycles. The molecule has 10 heteroatoms. The Kier molecular flexibility index (Phi) is 10.1. The third-order valence-electron chi connectivity index (χ3n) is 4.70. The van der Waals surface area contributed by atoms with Crippen LogP contribution in [0.4, 0.5) is 0 Å². The minimum atomic E-state index is -0.156. The first kappa shape index (κ1) is 25.0. The normalized spacial score (nSPS) is 14.1. The molecule has 0 atom stereocenters. The summed E-state index contributed by atoms with van der Waals surface area (Å²) in [5.41, 5.74) is 0.563. The average molecular weight is 560 g/mol. The van der Waals surface area contributed by atoms with Crippen LogP contribution in [0.3, 0.4) is 0 Å². The van der Waals surface area contributed by atoms with Crippen molar-refractivity contribution in [3.05, 3.63) is 59.0 Å². The molecule has 1 aromatic carbocycles. The van der Waals surface area contributed by atoms with Crippen molar-refractivity contribution in [2.45, 2.75) is 6.92 Å². The lowest BCUT2D eigenvalue weighted by Crippen LogP contribution is -2.53.